The van der Waals surface area contributed by atoms with Crippen LogP contribution in [-0.4, -0.2) is 4.98 Å². The summed E-state index contributed by atoms with van der Waals surface area (Å²) < 4.78 is 1.02. The molecule has 2 atom stereocenters. The number of halogens is 1. The summed E-state index contributed by atoms with van der Waals surface area (Å²) in [6.45, 7) is 4.48. The van der Waals surface area contributed by atoms with Crippen LogP contribution < -0.4 is 11.3 Å². The number of hydrogen-bond donors (Lipinski definition) is 2. The van der Waals surface area contributed by atoms with Gasteiger partial charge in [-0.3, -0.25) is 11.3 Å². The lowest BCUT2D eigenvalue weighted by molar-refractivity contribution is 0.389. The van der Waals surface area contributed by atoms with Gasteiger partial charge in [-0.05, 0) is 40.4 Å². The van der Waals surface area contributed by atoms with Crippen LogP contribution in [0.15, 0.2) is 34.8 Å². The van der Waals surface area contributed by atoms with E-state index in [1.807, 2.05) is 18.2 Å². The molecule has 1 aromatic heterocycles. The van der Waals surface area contributed by atoms with E-state index in [2.05, 4.69) is 47.3 Å². The number of nitrogens with zero attached hydrogens (tertiary/aromatic N) is 1. The second kappa shape index (κ2) is 7.16. The number of hydrazine groups is 1. The molecule has 1 heterocycles. The van der Waals surface area contributed by atoms with Gasteiger partial charge in [0.15, 0.2) is 0 Å². The van der Waals surface area contributed by atoms with Crippen LogP contribution in [0.2, 0.25) is 0 Å². The number of fused-ring (bicyclic) bond motifs is 1. The first-order valence-corrected chi connectivity index (χ1v) is 7.96. The van der Waals surface area contributed by atoms with Crippen molar-refractivity contribution in [3.8, 4) is 0 Å². The number of rotatable bonds is 6. The molecule has 2 aromatic rings. The summed E-state index contributed by atoms with van der Waals surface area (Å²) in [6, 6.07) is 10.3. The third-order valence-corrected chi connectivity index (χ3v) is 4.29. The molecule has 108 valence electrons. The van der Waals surface area contributed by atoms with Crippen LogP contribution in [0.1, 0.15) is 44.8 Å². The summed E-state index contributed by atoms with van der Waals surface area (Å²) >= 11 is 3.63. The minimum absolute atomic E-state index is 0.0792. The van der Waals surface area contributed by atoms with Crippen molar-refractivity contribution < 1.29 is 0 Å². The van der Waals surface area contributed by atoms with Crippen LogP contribution in [0.5, 0.6) is 0 Å². The summed E-state index contributed by atoms with van der Waals surface area (Å²) in [6.07, 6.45) is 3.41. The Balaban J connectivity index is 2.31. The summed E-state index contributed by atoms with van der Waals surface area (Å²) in [5.41, 5.74) is 4.92. The van der Waals surface area contributed by atoms with E-state index in [9.17, 15) is 0 Å². The quantitative estimate of drug-likeness (QED) is 0.610. The van der Waals surface area contributed by atoms with E-state index >= 15 is 0 Å². The molecule has 0 amide bonds. The van der Waals surface area contributed by atoms with E-state index in [-0.39, 0.29) is 6.04 Å². The van der Waals surface area contributed by atoms with Gasteiger partial charge in [0.1, 0.15) is 0 Å². The Labute approximate surface area is 129 Å². The summed E-state index contributed by atoms with van der Waals surface area (Å²) in [5, 5.41) is 1.14. The van der Waals surface area contributed by atoms with Gasteiger partial charge in [0.25, 0.3) is 0 Å². The first-order chi connectivity index (χ1) is 9.65. The number of nitrogens with one attached hydrogen (secondary N) is 1. The molecule has 0 bridgehead atoms. The molecular formula is C16H22BrN3. The van der Waals surface area contributed by atoms with E-state index < -0.39 is 0 Å². The average Bonchev–Trinajstić information content (AvgIpc) is 2.44. The van der Waals surface area contributed by atoms with Crippen LogP contribution in [0.3, 0.4) is 0 Å². The van der Waals surface area contributed by atoms with Crippen LogP contribution in [0.4, 0.5) is 0 Å². The highest BCUT2D eigenvalue weighted by Gasteiger charge is 2.18. The number of para-hydroxylation sites is 1. The predicted molar refractivity (Wildman–Crippen MR) is 88.2 cm³/mol. The van der Waals surface area contributed by atoms with Gasteiger partial charge in [-0.1, -0.05) is 44.9 Å². The summed E-state index contributed by atoms with van der Waals surface area (Å²) in [7, 11) is 0. The highest BCUT2D eigenvalue weighted by atomic mass is 79.9. The summed E-state index contributed by atoms with van der Waals surface area (Å²) in [4.78, 5) is 4.77. The molecular weight excluding hydrogens is 314 g/mol. The second-order valence-corrected chi connectivity index (χ2v) is 6.25. The van der Waals surface area contributed by atoms with E-state index in [1.54, 1.807) is 0 Å². The van der Waals surface area contributed by atoms with Gasteiger partial charge in [0.05, 0.1) is 17.3 Å². The fourth-order valence-corrected chi connectivity index (χ4v) is 3.23. The Morgan fingerprint density at radius 3 is 2.80 bits per heavy atom. The standard InChI is InChI=1S/C16H22BrN3/c1-3-6-11(2)9-15(20-18)16-13(17)10-12-7-4-5-8-14(12)19-16/h4-5,7-8,10-11,15,20H,3,6,9,18H2,1-2H3. The average molecular weight is 336 g/mol. The zero-order valence-corrected chi connectivity index (χ0v) is 13.7. The molecule has 0 aliphatic heterocycles. The van der Waals surface area contributed by atoms with Crippen molar-refractivity contribution in [1.29, 1.82) is 0 Å². The minimum Gasteiger partial charge on any atom is -0.271 e. The molecule has 0 saturated carbocycles. The van der Waals surface area contributed by atoms with E-state index in [1.165, 1.54) is 12.8 Å². The van der Waals surface area contributed by atoms with Crippen molar-refractivity contribution in [3.05, 3.63) is 40.5 Å². The Hall–Kier alpha value is -0.970. The van der Waals surface area contributed by atoms with Gasteiger partial charge in [-0.25, -0.2) is 4.98 Å². The Morgan fingerprint density at radius 2 is 2.10 bits per heavy atom. The van der Waals surface area contributed by atoms with Crippen molar-refractivity contribution in [2.24, 2.45) is 11.8 Å². The Morgan fingerprint density at radius 1 is 1.35 bits per heavy atom. The maximum atomic E-state index is 5.75. The number of nitrogens with two attached hydrogens (primary N) is 1. The first kappa shape index (κ1) is 15.4. The molecule has 3 nitrogen and oxygen atoms in total. The lowest BCUT2D eigenvalue weighted by Gasteiger charge is -2.21. The van der Waals surface area contributed by atoms with Gasteiger partial charge in [0, 0.05) is 9.86 Å². The monoisotopic (exact) mass is 335 g/mol. The third-order valence-electron chi connectivity index (χ3n) is 3.66. The molecule has 1 aromatic carbocycles. The smallest absolute Gasteiger partial charge is 0.0736 e. The molecule has 0 aliphatic rings. The van der Waals surface area contributed by atoms with Crippen molar-refractivity contribution in [2.45, 2.75) is 39.2 Å². The van der Waals surface area contributed by atoms with E-state index in [4.69, 9.17) is 10.8 Å². The molecule has 0 aliphatic carbocycles. The molecule has 2 rings (SSSR count). The lowest BCUT2D eigenvalue weighted by atomic mass is 9.95. The summed E-state index contributed by atoms with van der Waals surface area (Å²) in [5.74, 6) is 6.38. The number of benzene rings is 1. The van der Waals surface area contributed by atoms with Crippen molar-refractivity contribution in [3.63, 3.8) is 0 Å². The molecule has 2 unspecified atom stereocenters. The molecule has 0 fully saturated rings. The number of pyridine rings is 1. The SMILES string of the molecule is CCCC(C)CC(NN)c1nc2ccccc2cc1Br. The van der Waals surface area contributed by atoms with Gasteiger partial charge in [-0.2, -0.15) is 0 Å². The maximum Gasteiger partial charge on any atom is 0.0736 e. The fourth-order valence-electron chi connectivity index (χ4n) is 2.62. The van der Waals surface area contributed by atoms with E-state index in [0.29, 0.717) is 5.92 Å². The minimum atomic E-state index is 0.0792. The molecule has 0 spiro atoms. The normalized spacial score (nSPS) is 14.4. The van der Waals surface area contributed by atoms with Gasteiger partial charge >= 0.3 is 0 Å². The van der Waals surface area contributed by atoms with Crippen molar-refractivity contribution >= 4 is 26.8 Å². The topological polar surface area (TPSA) is 50.9 Å². The highest BCUT2D eigenvalue weighted by molar-refractivity contribution is 9.10. The Kier molecular flexibility index (Phi) is 5.52. The third kappa shape index (κ3) is 3.57. The zero-order valence-electron chi connectivity index (χ0n) is 12.1. The largest absolute Gasteiger partial charge is 0.271 e. The number of aromatic nitrogens is 1. The van der Waals surface area contributed by atoms with E-state index in [0.717, 1.165) is 27.5 Å². The maximum absolute atomic E-state index is 5.75. The number of hydrogen-bond acceptors (Lipinski definition) is 3. The molecule has 4 heteroatoms. The van der Waals surface area contributed by atoms with Crippen molar-refractivity contribution in [1.82, 2.24) is 10.4 Å². The van der Waals surface area contributed by atoms with Crippen LogP contribution in [0, 0.1) is 5.92 Å². The molecule has 0 radical (unpaired) electrons. The predicted octanol–water partition coefficient (Wildman–Crippen LogP) is 4.33. The zero-order chi connectivity index (χ0) is 14.5. The second-order valence-electron chi connectivity index (χ2n) is 5.40. The van der Waals surface area contributed by atoms with Crippen LogP contribution in [-0.2, 0) is 0 Å². The van der Waals surface area contributed by atoms with Crippen LogP contribution >= 0.6 is 15.9 Å². The Bertz CT molecular complexity index is 571. The molecule has 3 N–H and O–H groups in total. The first-order valence-electron chi connectivity index (χ1n) is 7.17. The molecule has 20 heavy (non-hydrogen) atoms. The van der Waals surface area contributed by atoms with Gasteiger partial charge in [0.2, 0.25) is 0 Å². The fraction of sp³-hybridized carbons (Fsp3) is 0.438. The van der Waals surface area contributed by atoms with Gasteiger partial charge < -0.3 is 0 Å². The lowest BCUT2D eigenvalue weighted by Crippen LogP contribution is -2.30. The van der Waals surface area contributed by atoms with Crippen LogP contribution in [0.25, 0.3) is 10.9 Å². The highest BCUT2D eigenvalue weighted by Crippen LogP contribution is 2.30. The van der Waals surface area contributed by atoms with Crippen molar-refractivity contribution in [2.75, 3.05) is 0 Å². The van der Waals surface area contributed by atoms with Gasteiger partial charge in [-0.15, -0.1) is 0 Å². The molecule has 0 saturated heterocycles.